The Morgan fingerprint density at radius 3 is 2.79 bits per heavy atom. The molecule has 19 heavy (non-hydrogen) atoms. The van der Waals surface area contributed by atoms with Crippen molar-refractivity contribution in [3.8, 4) is 5.75 Å². The number of ether oxygens (including phenoxy) is 1. The smallest absolute Gasteiger partial charge is 0.164 e. The maximum atomic E-state index is 6.16. The van der Waals surface area contributed by atoms with E-state index in [4.69, 9.17) is 33.7 Å². The maximum Gasteiger partial charge on any atom is 0.164 e. The molecular weight excluding hydrogens is 287 g/mol. The largest absolute Gasteiger partial charge is 0.484 e. The van der Waals surface area contributed by atoms with Gasteiger partial charge in [0, 0.05) is 12.1 Å². The Bertz CT molecular complexity index is 571. The van der Waals surface area contributed by atoms with Crippen molar-refractivity contribution in [1.29, 1.82) is 0 Å². The molecule has 1 aromatic carbocycles. The molecule has 7 heteroatoms. The third-order valence-electron chi connectivity index (χ3n) is 2.65. The molecule has 2 aromatic rings. The van der Waals surface area contributed by atoms with Gasteiger partial charge < -0.3 is 10.5 Å². The van der Waals surface area contributed by atoms with Gasteiger partial charge in [0.15, 0.2) is 5.82 Å². The fraction of sp³-hybridized carbons (Fsp3) is 0.333. The van der Waals surface area contributed by atoms with Crippen LogP contribution < -0.4 is 10.5 Å². The van der Waals surface area contributed by atoms with E-state index in [-0.39, 0.29) is 6.61 Å². The van der Waals surface area contributed by atoms with Crippen LogP contribution in [0.25, 0.3) is 0 Å². The van der Waals surface area contributed by atoms with Gasteiger partial charge in [-0.15, -0.1) is 0 Å². The number of halogens is 2. The van der Waals surface area contributed by atoms with Crippen LogP contribution in [0.3, 0.4) is 0 Å². The average molecular weight is 301 g/mol. The number of hydrogen-bond donors (Lipinski definition) is 1. The molecule has 2 N–H and O–H groups in total. The van der Waals surface area contributed by atoms with Crippen molar-refractivity contribution >= 4 is 23.2 Å². The summed E-state index contributed by atoms with van der Waals surface area (Å²) in [7, 11) is 1.80. The Kier molecular flexibility index (Phi) is 4.63. The molecule has 1 aromatic heterocycles. The van der Waals surface area contributed by atoms with E-state index in [1.807, 2.05) is 6.07 Å². The lowest BCUT2D eigenvalue weighted by Crippen LogP contribution is -2.08. The number of aromatic nitrogens is 3. The lowest BCUT2D eigenvalue weighted by atomic mass is 10.1. The van der Waals surface area contributed by atoms with E-state index in [9.17, 15) is 0 Å². The van der Waals surface area contributed by atoms with Crippen molar-refractivity contribution < 1.29 is 4.74 Å². The van der Waals surface area contributed by atoms with E-state index < -0.39 is 0 Å². The summed E-state index contributed by atoms with van der Waals surface area (Å²) in [5.41, 5.74) is 6.47. The number of nitrogens with two attached hydrogens (primary N) is 1. The number of hydrogen-bond acceptors (Lipinski definition) is 4. The molecule has 0 aliphatic carbocycles. The summed E-state index contributed by atoms with van der Waals surface area (Å²) in [6.45, 7) is 0.784. The van der Waals surface area contributed by atoms with E-state index in [1.165, 1.54) is 6.33 Å². The molecule has 5 nitrogen and oxygen atoms in total. The second kappa shape index (κ2) is 6.23. The lowest BCUT2D eigenvalue weighted by molar-refractivity contribution is 0.287. The summed E-state index contributed by atoms with van der Waals surface area (Å²) in [5.74, 6) is 1.31. The minimum absolute atomic E-state index is 0.287. The summed E-state index contributed by atoms with van der Waals surface area (Å²) in [5, 5.41) is 5.02. The van der Waals surface area contributed by atoms with Gasteiger partial charge >= 0.3 is 0 Å². The zero-order valence-electron chi connectivity index (χ0n) is 10.4. The molecule has 0 aliphatic heterocycles. The summed E-state index contributed by atoms with van der Waals surface area (Å²) in [4.78, 5) is 4.09. The van der Waals surface area contributed by atoms with Gasteiger partial charge in [-0.25, -0.2) is 4.98 Å². The highest BCUT2D eigenvalue weighted by molar-refractivity contribution is 6.35. The van der Waals surface area contributed by atoms with Crippen LogP contribution in [0.4, 0.5) is 0 Å². The molecule has 0 bridgehead atoms. The van der Waals surface area contributed by atoms with Gasteiger partial charge in [-0.05, 0) is 30.7 Å². The van der Waals surface area contributed by atoms with Crippen LogP contribution in [-0.4, -0.2) is 21.3 Å². The molecule has 0 atom stereocenters. The molecule has 0 spiro atoms. The van der Waals surface area contributed by atoms with Crippen LogP contribution in [0.5, 0.6) is 5.75 Å². The van der Waals surface area contributed by atoms with Gasteiger partial charge in [0.2, 0.25) is 0 Å². The molecule has 2 rings (SSSR count). The Balaban J connectivity index is 2.21. The van der Waals surface area contributed by atoms with E-state index in [0.29, 0.717) is 34.6 Å². The van der Waals surface area contributed by atoms with Crippen molar-refractivity contribution in [3.63, 3.8) is 0 Å². The molecule has 0 aliphatic rings. The fourth-order valence-electron chi connectivity index (χ4n) is 1.70. The summed E-state index contributed by atoms with van der Waals surface area (Å²) >= 11 is 12.1. The molecule has 0 unspecified atom stereocenters. The molecule has 0 fully saturated rings. The van der Waals surface area contributed by atoms with Crippen LogP contribution in [0.15, 0.2) is 18.5 Å². The minimum atomic E-state index is 0.287. The maximum absolute atomic E-state index is 6.16. The third kappa shape index (κ3) is 3.37. The quantitative estimate of drug-likeness (QED) is 0.919. The average Bonchev–Trinajstić information content (AvgIpc) is 2.74. The predicted molar refractivity (Wildman–Crippen MR) is 74.6 cm³/mol. The number of benzene rings is 1. The predicted octanol–water partition coefficient (Wildman–Crippen LogP) is 2.20. The van der Waals surface area contributed by atoms with E-state index in [2.05, 4.69) is 10.1 Å². The monoisotopic (exact) mass is 300 g/mol. The van der Waals surface area contributed by atoms with Crippen LogP contribution in [0.1, 0.15) is 11.4 Å². The highest BCUT2D eigenvalue weighted by atomic mass is 35.5. The Hall–Kier alpha value is -1.30. The Labute approximate surface area is 121 Å². The summed E-state index contributed by atoms with van der Waals surface area (Å²) < 4.78 is 7.38. The second-order valence-electron chi connectivity index (χ2n) is 4.00. The third-order valence-corrected chi connectivity index (χ3v) is 3.15. The van der Waals surface area contributed by atoms with Crippen molar-refractivity contribution in [3.05, 3.63) is 39.9 Å². The summed E-state index contributed by atoms with van der Waals surface area (Å²) in [6, 6.07) is 3.46. The molecular formula is C12H14Cl2N4O. The second-order valence-corrected chi connectivity index (χ2v) is 4.85. The molecule has 0 amide bonds. The van der Waals surface area contributed by atoms with Gasteiger partial charge in [0.25, 0.3) is 0 Å². The van der Waals surface area contributed by atoms with Crippen LogP contribution in [-0.2, 0) is 20.1 Å². The molecule has 0 saturated carbocycles. The zero-order valence-corrected chi connectivity index (χ0v) is 11.9. The lowest BCUT2D eigenvalue weighted by Gasteiger charge is -2.13. The van der Waals surface area contributed by atoms with Gasteiger partial charge in [0.05, 0.1) is 5.02 Å². The van der Waals surface area contributed by atoms with Crippen LogP contribution in [0, 0.1) is 0 Å². The normalized spacial score (nSPS) is 10.7. The molecule has 0 saturated heterocycles. The number of nitrogens with zero attached hydrogens (tertiary/aromatic N) is 3. The highest BCUT2D eigenvalue weighted by Crippen LogP contribution is 2.33. The van der Waals surface area contributed by atoms with Gasteiger partial charge in [-0.2, -0.15) is 5.10 Å². The fourth-order valence-corrected chi connectivity index (χ4v) is 2.29. The Morgan fingerprint density at radius 2 is 2.16 bits per heavy atom. The van der Waals surface area contributed by atoms with Crippen molar-refractivity contribution in [2.75, 3.05) is 6.54 Å². The first-order valence-corrected chi connectivity index (χ1v) is 6.51. The molecule has 1 heterocycles. The topological polar surface area (TPSA) is 66.0 Å². The van der Waals surface area contributed by atoms with E-state index in [1.54, 1.807) is 17.8 Å². The minimum Gasteiger partial charge on any atom is -0.484 e. The van der Waals surface area contributed by atoms with Crippen molar-refractivity contribution in [2.24, 2.45) is 12.8 Å². The highest BCUT2D eigenvalue weighted by Gasteiger charge is 2.12. The van der Waals surface area contributed by atoms with Gasteiger partial charge in [-0.1, -0.05) is 23.2 Å². The Morgan fingerprint density at radius 1 is 1.37 bits per heavy atom. The van der Waals surface area contributed by atoms with Crippen LogP contribution in [0.2, 0.25) is 10.0 Å². The van der Waals surface area contributed by atoms with Crippen LogP contribution >= 0.6 is 23.2 Å². The summed E-state index contributed by atoms with van der Waals surface area (Å²) in [6.07, 6.45) is 2.12. The number of rotatable bonds is 5. The van der Waals surface area contributed by atoms with E-state index in [0.717, 1.165) is 5.56 Å². The standard InChI is InChI=1S/C12H14Cl2N4O/c1-18-11(16-7-17-18)6-19-12-8(2-3-15)4-9(13)5-10(12)14/h4-5,7H,2-3,6,15H2,1H3. The van der Waals surface area contributed by atoms with Crippen molar-refractivity contribution in [2.45, 2.75) is 13.0 Å². The van der Waals surface area contributed by atoms with E-state index >= 15 is 0 Å². The number of aryl methyl sites for hydroxylation is 1. The van der Waals surface area contributed by atoms with Gasteiger partial charge in [0.1, 0.15) is 18.7 Å². The molecule has 0 radical (unpaired) electrons. The van der Waals surface area contributed by atoms with Crippen molar-refractivity contribution in [1.82, 2.24) is 14.8 Å². The SMILES string of the molecule is Cn1ncnc1COc1c(Cl)cc(Cl)cc1CCN. The zero-order chi connectivity index (χ0) is 13.8. The van der Waals surface area contributed by atoms with Gasteiger partial charge in [-0.3, -0.25) is 4.68 Å². The first kappa shape index (κ1) is 14.1. The molecule has 102 valence electrons. The first-order valence-electron chi connectivity index (χ1n) is 5.75. The first-order chi connectivity index (χ1) is 9.11.